The lowest BCUT2D eigenvalue weighted by molar-refractivity contribution is -0.140. The van der Waals surface area contributed by atoms with Gasteiger partial charge in [0.15, 0.2) is 0 Å². The summed E-state index contributed by atoms with van der Waals surface area (Å²) < 4.78 is 29.3. The first kappa shape index (κ1) is 32.8. The van der Waals surface area contributed by atoms with Crippen LogP contribution >= 0.6 is 11.6 Å². The highest BCUT2D eigenvalue weighted by atomic mass is 35.5. The van der Waals surface area contributed by atoms with Crippen molar-refractivity contribution in [3.63, 3.8) is 0 Å². The maximum Gasteiger partial charge on any atom is 0.264 e. The predicted molar refractivity (Wildman–Crippen MR) is 176 cm³/mol. The second kappa shape index (κ2) is 14.6. The molecule has 2 amide bonds. The second-order valence-corrected chi connectivity index (χ2v) is 13.4. The predicted octanol–water partition coefficient (Wildman–Crippen LogP) is 6.32. The van der Waals surface area contributed by atoms with Crippen molar-refractivity contribution in [2.24, 2.45) is 0 Å². The summed E-state index contributed by atoms with van der Waals surface area (Å²) in [6.07, 6.45) is 0.249. The summed E-state index contributed by atoms with van der Waals surface area (Å²) in [6.45, 7) is 7.03. The van der Waals surface area contributed by atoms with Crippen LogP contribution in [0.2, 0.25) is 5.02 Å². The zero-order valence-electron chi connectivity index (χ0n) is 25.4. The van der Waals surface area contributed by atoms with Gasteiger partial charge < -0.3 is 10.2 Å². The van der Waals surface area contributed by atoms with Crippen molar-refractivity contribution < 1.29 is 18.0 Å². The third-order valence-electron chi connectivity index (χ3n) is 7.23. The Balaban J connectivity index is 1.82. The van der Waals surface area contributed by atoms with E-state index in [1.165, 1.54) is 17.0 Å². The van der Waals surface area contributed by atoms with E-state index in [0.717, 1.165) is 21.0 Å². The molecule has 0 aromatic heterocycles. The number of aryl methyl sites for hydroxylation is 2. The fourth-order valence-corrected chi connectivity index (χ4v) is 6.57. The van der Waals surface area contributed by atoms with Crippen LogP contribution in [0, 0.1) is 13.8 Å². The number of carbonyl (C=O) groups excluding carboxylic acids is 2. The van der Waals surface area contributed by atoms with Gasteiger partial charge in [0.1, 0.15) is 12.6 Å². The number of sulfonamides is 1. The molecule has 0 aliphatic carbocycles. The molecule has 0 saturated heterocycles. The topological polar surface area (TPSA) is 86.8 Å². The van der Waals surface area contributed by atoms with Crippen molar-refractivity contribution in [3.8, 4) is 0 Å². The molecule has 9 heteroatoms. The van der Waals surface area contributed by atoms with E-state index in [9.17, 15) is 18.0 Å². The summed E-state index contributed by atoms with van der Waals surface area (Å²) in [5.74, 6) is -0.843. The molecule has 0 aliphatic heterocycles. The monoisotopic (exact) mass is 631 g/mol. The van der Waals surface area contributed by atoms with Crippen LogP contribution in [0.15, 0.2) is 108 Å². The molecule has 44 heavy (non-hydrogen) atoms. The molecular formula is C35H38ClN3O4S. The lowest BCUT2D eigenvalue weighted by atomic mass is 10.0. The van der Waals surface area contributed by atoms with Crippen molar-refractivity contribution in [2.75, 3.05) is 10.8 Å². The number of hydrogen-bond acceptors (Lipinski definition) is 4. The number of anilines is 1. The van der Waals surface area contributed by atoms with Crippen LogP contribution in [-0.4, -0.2) is 43.8 Å². The van der Waals surface area contributed by atoms with E-state index < -0.39 is 28.5 Å². The van der Waals surface area contributed by atoms with E-state index in [1.807, 2.05) is 75.4 Å². The Hall–Kier alpha value is -4.14. The van der Waals surface area contributed by atoms with Gasteiger partial charge >= 0.3 is 0 Å². The summed E-state index contributed by atoms with van der Waals surface area (Å²) in [6, 6.07) is 29.0. The number of carbonyl (C=O) groups is 2. The molecule has 0 radical (unpaired) electrons. The van der Waals surface area contributed by atoms with Crippen LogP contribution in [-0.2, 0) is 32.6 Å². The van der Waals surface area contributed by atoms with Gasteiger partial charge in [-0.15, -0.1) is 0 Å². The molecule has 0 heterocycles. The van der Waals surface area contributed by atoms with E-state index in [-0.39, 0.29) is 35.5 Å². The summed E-state index contributed by atoms with van der Waals surface area (Å²) in [4.78, 5) is 29.8. The Labute approximate surface area is 265 Å². The van der Waals surface area contributed by atoms with Crippen LogP contribution in [0.3, 0.4) is 0 Å². The average Bonchev–Trinajstić information content (AvgIpc) is 3.00. The lowest BCUT2D eigenvalue weighted by Crippen LogP contribution is -2.54. The van der Waals surface area contributed by atoms with Crippen LogP contribution in [0.4, 0.5) is 5.69 Å². The summed E-state index contributed by atoms with van der Waals surface area (Å²) in [7, 11) is -4.20. The fourth-order valence-electron chi connectivity index (χ4n) is 4.91. The minimum Gasteiger partial charge on any atom is -0.352 e. The van der Waals surface area contributed by atoms with Gasteiger partial charge in [0.2, 0.25) is 11.8 Å². The number of benzene rings is 4. The maximum absolute atomic E-state index is 14.5. The molecule has 1 N–H and O–H groups in total. The van der Waals surface area contributed by atoms with E-state index in [0.29, 0.717) is 10.6 Å². The normalized spacial score (nSPS) is 12.0. The van der Waals surface area contributed by atoms with Gasteiger partial charge in [0.05, 0.1) is 10.6 Å². The Morgan fingerprint density at radius 3 is 2.05 bits per heavy atom. The Morgan fingerprint density at radius 2 is 1.43 bits per heavy atom. The van der Waals surface area contributed by atoms with Crippen molar-refractivity contribution in [3.05, 3.63) is 130 Å². The average molecular weight is 632 g/mol. The molecule has 0 fully saturated rings. The largest absolute Gasteiger partial charge is 0.352 e. The number of nitrogens with zero attached hydrogens (tertiary/aromatic N) is 2. The fraction of sp³-hybridized carbons (Fsp3) is 0.257. The van der Waals surface area contributed by atoms with Gasteiger partial charge in [-0.1, -0.05) is 96.0 Å². The first-order chi connectivity index (χ1) is 21.0. The minimum atomic E-state index is -4.20. The number of hydrogen-bond donors (Lipinski definition) is 1. The van der Waals surface area contributed by atoms with Crippen LogP contribution in [0.1, 0.15) is 36.1 Å². The van der Waals surface area contributed by atoms with Crippen LogP contribution in [0.25, 0.3) is 0 Å². The number of amides is 2. The van der Waals surface area contributed by atoms with Crippen molar-refractivity contribution >= 4 is 39.1 Å². The third kappa shape index (κ3) is 8.27. The van der Waals surface area contributed by atoms with Gasteiger partial charge in [-0.2, -0.15) is 0 Å². The number of halogens is 1. The molecule has 0 aliphatic rings. The van der Waals surface area contributed by atoms with Crippen molar-refractivity contribution in [2.45, 2.75) is 57.6 Å². The highest BCUT2D eigenvalue weighted by Gasteiger charge is 2.35. The van der Waals surface area contributed by atoms with Gasteiger partial charge in [0, 0.05) is 24.0 Å². The first-order valence-corrected chi connectivity index (χ1v) is 16.3. The molecule has 0 bridgehead atoms. The molecule has 0 saturated carbocycles. The summed E-state index contributed by atoms with van der Waals surface area (Å²) in [5.41, 5.74) is 3.66. The van der Waals surface area contributed by atoms with Gasteiger partial charge in [-0.3, -0.25) is 13.9 Å². The Bertz CT molecular complexity index is 1680. The highest BCUT2D eigenvalue weighted by Crippen LogP contribution is 2.30. The smallest absolute Gasteiger partial charge is 0.264 e. The van der Waals surface area contributed by atoms with Crippen molar-refractivity contribution in [1.82, 2.24) is 10.2 Å². The number of nitrogens with one attached hydrogen (secondary N) is 1. The molecule has 4 rings (SSSR count). The summed E-state index contributed by atoms with van der Waals surface area (Å²) >= 11 is 6.34. The molecule has 4 aromatic carbocycles. The Kier molecular flexibility index (Phi) is 10.8. The SMILES string of the molecule is Cc1ccc(CN(C(=O)CN(c2cc(Cl)ccc2C)S(=O)(=O)c2ccccc2)C(Cc2ccccc2)C(=O)NC(C)C)cc1. The van der Waals surface area contributed by atoms with Crippen LogP contribution in [0.5, 0.6) is 0 Å². The third-order valence-corrected chi connectivity index (χ3v) is 9.23. The molecule has 230 valence electrons. The standard InChI is InChI=1S/C35H38ClN3O4S/c1-25(2)37-35(41)33(21-28-11-7-5-8-12-28)38(23-29-18-15-26(3)16-19-29)34(40)24-39(32-22-30(36)20-17-27(32)4)44(42,43)31-13-9-6-10-14-31/h5-20,22,25,33H,21,23-24H2,1-4H3,(H,37,41). The van der Waals surface area contributed by atoms with Gasteiger partial charge in [-0.05, 0) is 68.7 Å². The van der Waals surface area contributed by atoms with Crippen LogP contribution < -0.4 is 9.62 Å². The first-order valence-electron chi connectivity index (χ1n) is 14.5. The van der Waals surface area contributed by atoms with Gasteiger partial charge in [-0.25, -0.2) is 8.42 Å². The van der Waals surface area contributed by atoms with E-state index in [4.69, 9.17) is 11.6 Å². The lowest BCUT2D eigenvalue weighted by Gasteiger charge is -2.34. The molecular weight excluding hydrogens is 594 g/mol. The van der Waals surface area contributed by atoms with E-state index >= 15 is 0 Å². The van der Waals surface area contributed by atoms with E-state index in [1.54, 1.807) is 43.3 Å². The minimum absolute atomic E-state index is 0.0376. The second-order valence-electron chi connectivity index (χ2n) is 11.1. The molecule has 1 unspecified atom stereocenters. The molecule has 4 aromatic rings. The maximum atomic E-state index is 14.5. The quantitative estimate of drug-likeness (QED) is 0.198. The summed E-state index contributed by atoms with van der Waals surface area (Å²) in [5, 5.41) is 3.30. The molecule has 7 nitrogen and oxygen atoms in total. The number of rotatable bonds is 12. The molecule has 0 spiro atoms. The zero-order chi connectivity index (χ0) is 31.9. The Morgan fingerprint density at radius 1 is 0.818 bits per heavy atom. The van der Waals surface area contributed by atoms with Gasteiger partial charge in [0.25, 0.3) is 10.0 Å². The van der Waals surface area contributed by atoms with E-state index in [2.05, 4.69) is 5.32 Å². The molecule has 1 atom stereocenters. The zero-order valence-corrected chi connectivity index (χ0v) is 27.0. The highest BCUT2D eigenvalue weighted by molar-refractivity contribution is 7.92. The van der Waals surface area contributed by atoms with Crippen molar-refractivity contribution in [1.29, 1.82) is 0 Å².